The molecule has 33 heavy (non-hydrogen) atoms. The molecule has 0 saturated heterocycles. The van der Waals surface area contributed by atoms with Gasteiger partial charge in [0.25, 0.3) is 11.5 Å². The van der Waals surface area contributed by atoms with E-state index in [4.69, 9.17) is 4.74 Å². The number of H-pyrrole nitrogens is 1. The Balaban J connectivity index is 1.39. The number of fused-ring (bicyclic) bond motifs is 2. The van der Waals surface area contributed by atoms with Crippen LogP contribution in [0.25, 0.3) is 27.8 Å². The average Bonchev–Trinajstić information content (AvgIpc) is 3.35. The van der Waals surface area contributed by atoms with E-state index in [0.717, 1.165) is 16.6 Å². The van der Waals surface area contributed by atoms with Gasteiger partial charge in [-0.2, -0.15) is 5.10 Å². The summed E-state index contributed by atoms with van der Waals surface area (Å²) in [6.45, 7) is 3.63. The highest BCUT2D eigenvalue weighted by atomic mass is 16.5. The number of carbonyl (C=O) groups is 1. The number of pyridine rings is 1. The maximum absolute atomic E-state index is 12.7. The van der Waals surface area contributed by atoms with Crippen LogP contribution in [0.2, 0.25) is 0 Å². The van der Waals surface area contributed by atoms with Crippen LogP contribution in [0.1, 0.15) is 11.3 Å². The molecule has 4 aromatic heterocycles. The third-order valence-electron chi connectivity index (χ3n) is 5.20. The first-order valence-corrected chi connectivity index (χ1v) is 10.2. The molecule has 0 spiro atoms. The molecule has 11 heteroatoms. The SMILES string of the molecule is Cc1cc(C)c2c(OCC(=O)Nc3ccccc3-n3ncc4c(=O)[nH]cnc43)nn(C)c2n1. The van der Waals surface area contributed by atoms with Crippen LogP contribution in [0.15, 0.2) is 47.7 Å². The molecule has 0 fully saturated rings. The summed E-state index contributed by atoms with van der Waals surface area (Å²) >= 11 is 0. The van der Waals surface area contributed by atoms with Crippen LogP contribution >= 0.6 is 0 Å². The third kappa shape index (κ3) is 3.59. The summed E-state index contributed by atoms with van der Waals surface area (Å²) in [5, 5.41) is 12.6. The Kier molecular flexibility index (Phi) is 4.85. The maximum Gasteiger partial charge on any atom is 0.262 e. The van der Waals surface area contributed by atoms with Crippen molar-refractivity contribution < 1.29 is 9.53 Å². The van der Waals surface area contributed by atoms with Crippen molar-refractivity contribution in [3.05, 3.63) is 64.5 Å². The molecule has 0 aliphatic heterocycles. The van der Waals surface area contributed by atoms with Gasteiger partial charge in [-0.25, -0.2) is 19.3 Å². The van der Waals surface area contributed by atoms with Gasteiger partial charge in [-0.15, -0.1) is 5.10 Å². The minimum Gasteiger partial charge on any atom is -0.466 e. The molecule has 5 rings (SSSR count). The van der Waals surface area contributed by atoms with Crippen LogP contribution in [0.3, 0.4) is 0 Å². The van der Waals surface area contributed by atoms with Crippen LogP contribution in [0.4, 0.5) is 5.69 Å². The molecule has 1 amide bonds. The van der Waals surface area contributed by atoms with Crippen molar-refractivity contribution in [1.82, 2.24) is 34.5 Å². The predicted octanol–water partition coefficient (Wildman–Crippen LogP) is 2.02. The minimum absolute atomic E-state index is 0.245. The lowest BCUT2D eigenvalue weighted by Gasteiger charge is -2.12. The molecule has 0 bridgehead atoms. The molecular weight excluding hydrogens is 424 g/mol. The van der Waals surface area contributed by atoms with Gasteiger partial charge in [-0.1, -0.05) is 12.1 Å². The Morgan fingerprint density at radius 1 is 1.21 bits per heavy atom. The Labute approximate surface area is 187 Å². The number of aromatic nitrogens is 7. The highest BCUT2D eigenvalue weighted by Gasteiger charge is 2.17. The van der Waals surface area contributed by atoms with Crippen molar-refractivity contribution in [2.24, 2.45) is 7.05 Å². The van der Waals surface area contributed by atoms with Gasteiger partial charge in [0.05, 0.1) is 29.3 Å². The zero-order valence-electron chi connectivity index (χ0n) is 18.2. The maximum atomic E-state index is 12.7. The van der Waals surface area contributed by atoms with E-state index in [0.29, 0.717) is 33.9 Å². The molecule has 0 saturated carbocycles. The number of carbonyl (C=O) groups excluding carboxylic acids is 1. The van der Waals surface area contributed by atoms with Crippen molar-refractivity contribution in [2.75, 3.05) is 11.9 Å². The lowest BCUT2D eigenvalue weighted by molar-refractivity contribution is -0.118. The normalized spacial score (nSPS) is 11.2. The molecule has 0 aliphatic rings. The fraction of sp³-hybridized carbons (Fsp3) is 0.182. The second-order valence-corrected chi connectivity index (χ2v) is 7.59. The number of aromatic amines is 1. The summed E-state index contributed by atoms with van der Waals surface area (Å²) in [5.74, 6) is -0.0244. The lowest BCUT2D eigenvalue weighted by atomic mass is 10.2. The second kappa shape index (κ2) is 7.86. The van der Waals surface area contributed by atoms with E-state index in [1.54, 1.807) is 36.0 Å². The second-order valence-electron chi connectivity index (χ2n) is 7.59. The van der Waals surface area contributed by atoms with E-state index in [2.05, 4.69) is 30.5 Å². The van der Waals surface area contributed by atoms with Crippen molar-refractivity contribution in [3.8, 4) is 11.6 Å². The number of nitrogens with zero attached hydrogens (tertiary/aromatic N) is 6. The van der Waals surface area contributed by atoms with Crippen LogP contribution in [0.5, 0.6) is 5.88 Å². The third-order valence-corrected chi connectivity index (χ3v) is 5.20. The first-order valence-electron chi connectivity index (χ1n) is 10.2. The summed E-state index contributed by atoms with van der Waals surface area (Å²) < 4.78 is 8.89. The van der Waals surface area contributed by atoms with Gasteiger partial charge in [0, 0.05) is 12.7 Å². The van der Waals surface area contributed by atoms with E-state index >= 15 is 0 Å². The molecule has 1 aromatic carbocycles. The van der Waals surface area contributed by atoms with Crippen LogP contribution in [-0.4, -0.2) is 47.0 Å². The summed E-state index contributed by atoms with van der Waals surface area (Å²) in [6.07, 6.45) is 2.75. The van der Waals surface area contributed by atoms with Gasteiger partial charge in [-0.3, -0.25) is 9.59 Å². The van der Waals surface area contributed by atoms with E-state index in [-0.39, 0.29) is 18.1 Å². The Bertz CT molecular complexity index is 1580. The van der Waals surface area contributed by atoms with E-state index in [1.165, 1.54) is 17.2 Å². The number of para-hydroxylation sites is 2. The highest BCUT2D eigenvalue weighted by Crippen LogP contribution is 2.27. The van der Waals surface area contributed by atoms with Gasteiger partial charge in [0.2, 0.25) is 5.88 Å². The van der Waals surface area contributed by atoms with Crippen molar-refractivity contribution in [2.45, 2.75) is 13.8 Å². The highest BCUT2D eigenvalue weighted by molar-refractivity contribution is 5.94. The van der Waals surface area contributed by atoms with Crippen LogP contribution in [-0.2, 0) is 11.8 Å². The molecular formula is C22H20N8O3. The average molecular weight is 444 g/mol. The van der Waals surface area contributed by atoms with E-state index in [1.807, 2.05) is 19.9 Å². The molecule has 0 radical (unpaired) electrons. The standard InChI is InChI=1S/C22H20N8O3/c1-12-8-13(2)26-20-18(12)22(28-29(20)3)33-10-17(31)27-15-6-4-5-7-16(15)30-19-14(9-25-30)21(32)24-11-23-19/h4-9,11H,10H2,1-3H3,(H,27,31)(H,23,24,32). The molecule has 0 aliphatic carbocycles. The van der Waals surface area contributed by atoms with Gasteiger partial charge < -0.3 is 15.0 Å². The Morgan fingerprint density at radius 2 is 2.03 bits per heavy atom. The molecule has 11 nitrogen and oxygen atoms in total. The van der Waals surface area contributed by atoms with Gasteiger partial charge in [0.1, 0.15) is 5.39 Å². The lowest BCUT2D eigenvalue weighted by Crippen LogP contribution is -2.21. The number of benzene rings is 1. The smallest absolute Gasteiger partial charge is 0.262 e. The van der Waals surface area contributed by atoms with Gasteiger partial charge >= 0.3 is 0 Å². The predicted molar refractivity (Wildman–Crippen MR) is 122 cm³/mol. The van der Waals surface area contributed by atoms with Gasteiger partial charge in [-0.05, 0) is 37.6 Å². The molecule has 166 valence electrons. The fourth-order valence-corrected chi connectivity index (χ4v) is 3.77. The van der Waals surface area contributed by atoms with Crippen molar-refractivity contribution >= 4 is 33.7 Å². The fourth-order valence-electron chi connectivity index (χ4n) is 3.77. The Hall–Kier alpha value is -4.54. The number of hydrogen-bond donors (Lipinski definition) is 2. The molecule has 4 heterocycles. The first-order chi connectivity index (χ1) is 15.9. The molecule has 0 unspecified atom stereocenters. The number of rotatable bonds is 5. The zero-order chi connectivity index (χ0) is 23.1. The van der Waals surface area contributed by atoms with Crippen LogP contribution in [0, 0.1) is 13.8 Å². The molecule has 0 atom stereocenters. The quantitative estimate of drug-likeness (QED) is 0.424. The monoisotopic (exact) mass is 444 g/mol. The minimum atomic E-state index is -0.374. The van der Waals surface area contributed by atoms with E-state index < -0.39 is 0 Å². The van der Waals surface area contributed by atoms with Crippen molar-refractivity contribution in [1.29, 1.82) is 0 Å². The number of nitrogens with one attached hydrogen (secondary N) is 2. The number of anilines is 1. The summed E-state index contributed by atoms with van der Waals surface area (Å²) in [7, 11) is 1.78. The summed E-state index contributed by atoms with van der Waals surface area (Å²) in [5.41, 5.74) is 3.71. The molecule has 2 N–H and O–H groups in total. The van der Waals surface area contributed by atoms with Gasteiger partial charge in [0.15, 0.2) is 17.9 Å². The van der Waals surface area contributed by atoms with E-state index in [9.17, 15) is 9.59 Å². The largest absolute Gasteiger partial charge is 0.466 e. The van der Waals surface area contributed by atoms with Crippen molar-refractivity contribution in [3.63, 3.8) is 0 Å². The summed E-state index contributed by atoms with van der Waals surface area (Å²) in [6, 6.07) is 9.05. The van der Waals surface area contributed by atoms with Crippen LogP contribution < -0.4 is 15.6 Å². The summed E-state index contributed by atoms with van der Waals surface area (Å²) in [4.78, 5) is 36.0. The Morgan fingerprint density at radius 3 is 2.88 bits per heavy atom. The number of hydrogen-bond acceptors (Lipinski definition) is 7. The molecule has 5 aromatic rings. The number of ether oxygens (including phenoxy) is 1. The topological polar surface area (TPSA) is 133 Å². The number of aryl methyl sites for hydroxylation is 3. The number of amides is 1. The first kappa shape index (κ1) is 20.4. The zero-order valence-corrected chi connectivity index (χ0v) is 18.2.